The molecule has 4 rings (SSSR count). The number of fused-ring (bicyclic) bond motifs is 3. The van der Waals surface area contributed by atoms with Crippen molar-refractivity contribution in [1.82, 2.24) is 9.55 Å². The van der Waals surface area contributed by atoms with E-state index in [0.717, 1.165) is 38.7 Å². The molecule has 0 aliphatic carbocycles. The molecule has 0 spiro atoms. The third-order valence-corrected chi connectivity index (χ3v) is 6.44. The molecular weight excluding hydrogens is 492 g/mol. The second kappa shape index (κ2) is 16.6. The van der Waals surface area contributed by atoms with Gasteiger partial charge >= 0.3 is 0 Å². The molecule has 38 heavy (non-hydrogen) atoms. The van der Waals surface area contributed by atoms with Crippen molar-refractivity contribution < 1.29 is 9.59 Å². The highest BCUT2D eigenvalue weighted by Gasteiger charge is 2.25. The maximum Gasteiger partial charge on any atom is 0.167 e. The van der Waals surface area contributed by atoms with Crippen LogP contribution in [0.3, 0.4) is 0 Å². The predicted molar refractivity (Wildman–Crippen MR) is 166 cm³/mol. The molecule has 2 aromatic carbocycles. The van der Waals surface area contributed by atoms with E-state index >= 15 is 0 Å². The van der Waals surface area contributed by atoms with Crippen LogP contribution in [-0.2, 0) is 11.3 Å². The van der Waals surface area contributed by atoms with Gasteiger partial charge in [-0.1, -0.05) is 43.4 Å². The second-order valence-electron chi connectivity index (χ2n) is 7.41. The molecule has 2 heterocycles. The molecule has 0 saturated heterocycles. The smallest absolute Gasteiger partial charge is 0.167 e. The number of nitrogens with one attached hydrogen (secondary N) is 1. The van der Waals surface area contributed by atoms with Crippen LogP contribution in [0.4, 0.5) is 5.69 Å². The molecule has 0 radical (unpaired) electrons. The van der Waals surface area contributed by atoms with Gasteiger partial charge in [-0.2, -0.15) is 0 Å². The quantitative estimate of drug-likeness (QED) is 0.108. The summed E-state index contributed by atoms with van der Waals surface area (Å²) < 4.78 is 3.03. The van der Waals surface area contributed by atoms with E-state index in [1.165, 1.54) is 7.05 Å². The van der Waals surface area contributed by atoms with Crippen LogP contribution in [0, 0.1) is 0 Å². The third kappa shape index (κ3) is 6.62. The van der Waals surface area contributed by atoms with Gasteiger partial charge in [0.15, 0.2) is 12.1 Å². The van der Waals surface area contributed by atoms with Crippen LogP contribution in [0.2, 0.25) is 0 Å². The Labute approximate surface area is 229 Å². The maximum absolute atomic E-state index is 13.0. The molecule has 200 valence electrons. The molecule has 0 bridgehead atoms. The van der Waals surface area contributed by atoms with Crippen molar-refractivity contribution in [3.05, 3.63) is 103 Å². The highest BCUT2D eigenvalue weighted by atomic mass is 32.1. The zero-order valence-corrected chi connectivity index (χ0v) is 23.6. The zero-order chi connectivity index (χ0) is 28.7. The van der Waals surface area contributed by atoms with Crippen molar-refractivity contribution in [3.8, 4) is 0 Å². The minimum Gasteiger partial charge on any atom is -0.388 e. The van der Waals surface area contributed by atoms with Gasteiger partial charge in [0.1, 0.15) is 0 Å². The molecule has 0 atom stereocenters. The lowest BCUT2D eigenvalue weighted by molar-refractivity contribution is -0.113. The predicted octanol–water partition coefficient (Wildman–Crippen LogP) is 7.27. The summed E-state index contributed by atoms with van der Waals surface area (Å²) in [5, 5.41) is 4.08. The number of aromatic nitrogens is 2. The monoisotopic (exact) mass is 530 g/mol. The van der Waals surface area contributed by atoms with Gasteiger partial charge in [0, 0.05) is 35.7 Å². The Morgan fingerprint density at radius 1 is 1.13 bits per heavy atom. The average Bonchev–Trinajstić information content (AvgIpc) is 3.59. The van der Waals surface area contributed by atoms with Crippen molar-refractivity contribution in [2.75, 3.05) is 19.4 Å². The van der Waals surface area contributed by atoms with Crippen LogP contribution >= 0.6 is 11.3 Å². The number of nitrogens with zero attached hydrogens (tertiary/aromatic N) is 2. The molecule has 2 aromatic heterocycles. The van der Waals surface area contributed by atoms with E-state index in [1.54, 1.807) is 16.8 Å². The first-order valence-corrected chi connectivity index (χ1v) is 13.1. The van der Waals surface area contributed by atoms with Crippen LogP contribution < -0.4 is 11.1 Å². The normalized spacial score (nSPS) is 10.6. The summed E-state index contributed by atoms with van der Waals surface area (Å²) in [5.74, 6) is -0.00638. The molecule has 7 heteroatoms. The zero-order valence-electron chi connectivity index (χ0n) is 22.8. The van der Waals surface area contributed by atoms with Crippen molar-refractivity contribution in [3.63, 3.8) is 0 Å². The number of hydrogen-bond donors (Lipinski definition) is 2. The molecule has 0 saturated carbocycles. The Morgan fingerprint density at radius 3 is 2.42 bits per heavy atom. The number of nitrogens with two attached hydrogens (primary N) is 1. The molecule has 0 aliphatic rings. The highest BCUT2D eigenvalue weighted by Crippen LogP contribution is 2.38. The lowest BCUT2D eigenvalue weighted by Crippen LogP contribution is -2.08. The van der Waals surface area contributed by atoms with Crippen LogP contribution in [0.1, 0.15) is 41.9 Å². The molecule has 0 aliphatic heterocycles. The van der Waals surface area contributed by atoms with Crippen LogP contribution in [0.5, 0.6) is 0 Å². The number of ketones is 1. The van der Waals surface area contributed by atoms with Gasteiger partial charge in [-0.05, 0) is 37.7 Å². The van der Waals surface area contributed by atoms with Gasteiger partial charge < -0.3 is 15.6 Å². The summed E-state index contributed by atoms with van der Waals surface area (Å²) in [6.07, 6.45) is 6.75. The maximum atomic E-state index is 13.0. The van der Waals surface area contributed by atoms with Gasteiger partial charge in [0.25, 0.3) is 0 Å². The number of anilines is 1. The van der Waals surface area contributed by atoms with Crippen LogP contribution in [0.25, 0.3) is 26.7 Å². The Balaban J connectivity index is 0.00000112. The second-order valence-corrected chi connectivity index (χ2v) is 8.30. The Morgan fingerprint density at radius 2 is 1.82 bits per heavy atom. The number of Topliss-reactive ketones (excluding diaryl/α,β-unsaturated/α-hetero) is 1. The lowest BCUT2D eigenvalue weighted by atomic mass is 9.96. The van der Waals surface area contributed by atoms with Crippen molar-refractivity contribution >= 4 is 55.8 Å². The highest BCUT2D eigenvalue weighted by molar-refractivity contribution is 7.16. The Hall–Kier alpha value is -4.07. The molecule has 3 N–H and O–H groups in total. The fraction of sp³-hybridized carbons (Fsp3) is 0.194. The van der Waals surface area contributed by atoms with Crippen molar-refractivity contribution in [2.45, 2.75) is 26.8 Å². The van der Waals surface area contributed by atoms with Crippen LogP contribution in [0.15, 0.2) is 86.5 Å². The fourth-order valence-corrected chi connectivity index (χ4v) is 4.81. The number of hydrogen-bond acceptors (Lipinski definition) is 6. The number of rotatable bonds is 8. The summed E-state index contributed by atoms with van der Waals surface area (Å²) in [6.45, 7) is 16.2. The summed E-state index contributed by atoms with van der Waals surface area (Å²) in [4.78, 5) is 30.1. The average molecular weight is 531 g/mol. The first kappa shape index (κ1) is 32.0. The van der Waals surface area contributed by atoms with Gasteiger partial charge in [-0.15, -0.1) is 37.7 Å². The van der Waals surface area contributed by atoms with Gasteiger partial charge in [0.2, 0.25) is 0 Å². The van der Waals surface area contributed by atoms with E-state index in [2.05, 4.69) is 42.4 Å². The standard InChI is InChI=1S/C26H25N3O2S.2C2H4.CH5N/c1-4-6-10-18(22(31)5-2)24-21(15-30)29(14-17-9-7-8-11-19(17)27-3)20-12-13-23-26(25(20)24)28-16-32-23;3*1-2/h4,6-13,15-16,27H,5,14H2,1-3H3;2*1-2H2;2H2,1H3/b6-4-,18-10+;;;. The van der Waals surface area contributed by atoms with E-state index < -0.39 is 0 Å². The third-order valence-electron chi connectivity index (χ3n) is 5.64. The van der Waals surface area contributed by atoms with Crippen molar-refractivity contribution in [2.24, 2.45) is 5.73 Å². The fourth-order valence-electron chi connectivity index (χ4n) is 4.12. The van der Waals surface area contributed by atoms with E-state index in [9.17, 15) is 9.59 Å². The molecular formula is C31H38N4O2S. The lowest BCUT2D eigenvalue weighted by Gasteiger charge is -2.13. The topological polar surface area (TPSA) is 90.0 Å². The molecule has 4 aromatic rings. The van der Waals surface area contributed by atoms with E-state index in [-0.39, 0.29) is 5.78 Å². The Kier molecular flexibility index (Phi) is 14.0. The molecule has 6 nitrogen and oxygen atoms in total. The Bertz CT molecular complexity index is 1410. The number of thiazole rings is 1. The van der Waals surface area contributed by atoms with Gasteiger partial charge in [-0.3, -0.25) is 9.59 Å². The van der Waals surface area contributed by atoms with Gasteiger partial charge in [-0.25, -0.2) is 4.98 Å². The number of aldehydes is 1. The molecule has 0 fully saturated rings. The largest absolute Gasteiger partial charge is 0.388 e. The first-order valence-electron chi connectivity index (χ1n) is 12.2. The minimum atomic E-state index is -0.00638. The minimum absolute atomic E-state index is 0.00638. The summed E-state index contributed by atoms with van der Waals surface area (Å²) >= 11 is 1.55. The number of allylic oxidation sites excluding steroid dienone is 4. The molecule has 0 unspecified atom stereocenters. The summed E-state index contributed by atoms with van der Waals surface area (Å²) in [5.41, 5.74) is 11.8. The number of para-hydroxylation sites is 1. The number of carbonyl (C=O) groups is 2. The van der Waals surface area contributed by atoms with Crippen LogP contribution in [-0.4, -0.2) is 35.7 Å². The summed E-state index contributed by atoms with van der Waals surface area (Å²) in [7, 11) is 3.38. The van der Waals surface area contributed by atoms with E-state index in [1.807, 2.05) is 80.1 Å². The van der Waals surface area contributed by atoms with Crippen molar-refractivity contribution in [1.29, 1.82) is 0 Å². The number of carbonyl (C=O) groups excluding carboxylic acids is 2. The first-order chi connectivity index (χ1) is 18.6. The van der Waals surface area contributed by atoms with Gasteiger partial charge in [0.05, 0.1) is 33.5 Å². The number of benzene rings is 2. The summed E-state index contributed by atoms with van der Waals surface area (Å²) in [6, 6.07) is 12.1. The molecule has 0 amide bonds. The van der Waals surface area contributed by atoms with E-state index in [0.29, 0.717) is 29.8 Å². The SMILES string of the molecule is C/C=C\C=C(/C(=O)CC)c1c(C=O)n(Cc2ccccc2NC)c2ccc3scnc3c12.C=C.C=C.CN. The van der Waals surface area contributed by atoms with E-state index in [4.69, 9.17) is 0 Å².